The fraction of sp³-hybridized carbons (Fsp3) is 0.312. The van der Waals surface area contributed by atoms with Gasteiger partial charge >= 0.3 is 5.97 Å². The third kappa shape index (κ3) is 3.78. The second-order valence-corrected chi connectivity index (χ2v) is 5.73. The molecule has 2 rings (SSSR count). The van der Waals surface area contributed by atoms with Crippen molar-refractivity contribution in [2.75, 3.05) is 12.4 Å². The molecule has 1 aromatic heterocycles. The molecular weight excluding hydrogens is 266 g/mol. The van der Waals surface area contributed by atoms with Crippen LogP contribution in [0.4, 0.5) is 11.5 Å². The molecule has 0 radical (unpaired) electrons. The van der Waals surface area contributed by atoms with Crippen LogP contribution in [0.2, 0.25) is 0 Å². The summed E-state index contributed by atoms with van der Waals surface area (Å²) in [5.74, 6) is 0.0785. The monoisotopic (exact) mass is 285 g/mol. The molecule has 1 aromatic carbocycles. The molecule has 0 aliphatic rings. The normalized spacial score (nSPS) is 11.0. The number of hydrogen-bond donors (Lipinski definition) is 1. The zero-order valence-corrected chi connectivity index (χ0v) is 12.7. The number of ether oxygens (including phenoxy) is 1. The molecule has 5 heteroatoms. The van der Waals surface area contributed by atoms with E-state index in [2.05, 4.69) is 52.9 Å². The summed E-state index contributed by atoms with van der Waals surface area (Å²) in [5.41, 5.74) is 2.50. The van der Waals surface area contributed by atoms with Crippen molar-refractivity contribution in [3.8, 4) is 0 Å². The third-order valence-corrected chi connectivity index (χ3v) is 3.07. The summed E-state index contributed by atoms with van der Waals surface area (Å²) in [7, 11) is 1.31. The van der Waals surface area contributed by atoms with Gasteiger partial charge in [0.1, 0.15) is 5.82 Å². The Kier molecular flexibility index (Phi) is 4.21. The van der Waals surface area contributed by atoms with E-state index in [1.54, 1.807) is 0 Å². The molecule has 0 spiro atoms. The van der Waals surface area contributed by atoms with Gasteiger partial charge in [-0.05, 0) is 23.1 Å². The van der Waals surface area contributed by atoms with Crippen molar-refractivity contribution in [3.05, 3.63) is 47.9 Å². The van der Waals surface area contributed by atoms with Crippen LogP contribution >= 0.6 is 0 Å². The predicted molar refractivity (Wildman–Crippen MR) is 81.8 cm³/mol. The first-order valence-electron chi connectivity index (χ1n) is 6.68. The Morgan fingerprint density at radius 2 is 1.76 bits per heavy atom. The summed E-state index contributed by atoms with van der Waals surface area (Å²) in [5, 5.41) is 3.14. The molecule has 2 aromatic rings. The maximum absolute atomic E-state index is 11.3. The second-order valence-electron chi connectivity index (χ2n) is 5.73. The number of carbonyl (C=O) groups is 1. The molecule has 0 amide bonds. The van der Waals surface area contributed by atoms with Crippen LogP contribution in [-0.2, 0) is 10.2 Å². The zero-order chi connectivity index (χ0) is 15.5. The fourth-order valence-corrected chi connectivity index (χ4v) is 1.80. The highest BCUT2D eigenvalue weighted by Gasteiger charge is 2.13. The lowest BCUT2D eigenvalue weighted by Crippen LogP contribution is -2.10. The summed E-state index contributed by atoms with van der Waals surface area (Å²) in [6, 6.07) is 8.16. The Morgan fingerprint density at radius 1 is 1.10 bits per heavy atom. The van der Waals surface area contributed by atoms with Crippen molar-refractivity contribution in [2.24, 2.45) is 0 Å². The van der Waals surface area contributed by atoms with E-state index < -0.39 is 5.97 Å². The van der Waals surface area contributed by atoms with Gasteiger partial charge in [0.25, 0.3) is 0 Å². The molecule has 0 aliphatic carbocycles. The third-order valence-electron chi connectivity index (χ3n) is 3.07. The number of aromatic nitrogens is 2. The topological polar surface area (TPSA) is 64.1 Å². The number of methoxy groups -OCH3 is 1. The fourth-order valence-electron chi connectivity index (χ4n) is 1.80. The summed E-state index contributed by atoms with van der Waals surface area (Å²) >= 11 is 0. The van der Waals surface area contributed by atoms with E-state index >= 15 is 0 Å². The van der Waals surface area contributed by atoms with Gasteiger partial charge in [-0.1, -0.05) is 32.9 Å². The molecule has 0 aliphatic heterocycles. The first-order chi connectivity index (χ1) is 9.90. The predicted octanol–water partition coefficient (Wildman–Crippen LogP) is 3.30. The molecule has 0 saturated heterocycles. The summed E-state index contributed by atoms with van der Waals surface area (Å²) in [6.45, 7) is 6.52. The summed E-state index contributed by atoms with van der Waals surface area (Å²) in [6.07, 6.45) is 2.89. The van der Waals surface area contributed by atoms with Crippen LogP contribution < -0.4 is 5.32 Å². The maximum atomic E-state index is 11.3. The lowest BCUT2D eigenvalue weighted by Gasteiger charge is -2.19. The highest BCUT2D eigenvalue weighted by molar-refractivity contribution is 5.86. The number of carbonyl (C=O) groups excluding carboxylic acids is 1. The second kappa shape index (κ2) is 5.91. The van der Waals surface area contributed by atoms with Gasteiger partial charge in [0.15, 0.2) is 5.69 Å². The van der Waals surface area contributed by atoms with Crippen molar-refractivity contribution >= 4 is 17.5 Å². The van der Waals surface area contributed by atoms with Gasteiger partial charge in [-0.3, -0.25) is 0 Å². The van der Waals surface area contributed by atoms with Crippen molar-refractivity contribution in [2.45, 2.75) is 26.2 Å². The Morgan fingerprint density at radius 3 is 2.24 bits per heavy atom. The molecule has 5 nitrogen and oxygen atoms in total. The van der Waals surface area contributed by atoms with Gasteiger partial charge in [0.05, 0.1) is 19.5 Å². The van der Waals surface area contributed by atoms with Crippen LogP contribution in [0.3, 0.4) is 0 Å². The van der Waals surface area contributed by atoms with Crippen LogP contribution in [0.1, 0.15) is 36.8 Å². The number of esters is 1. The van der Waals surface area contributed by atoms with Crippen molar-refractivity contribution in [3.63, 3.8) is 0 Å². The van der Waals surface area contributed by atoms with Crippen LogP contribution in [0.15, 0.2) is 36.7 Å². The Labute approximate surface area is 124 Å². The van der Waals surface area contributed by atoms with E-state index in [1.807, 2.05) is 12.1 Å². The molecule has 1 heterocycles. The van der Waals surface area contributed by atoms with Crippen LogP contribution in [0.5, 0.6) is 0 Å². The minimum absolute atomic E-state index is 0.125. The number of rotatable bonds is 3. The van der Waals surface area contributed by atoms with E-state index in [4.69, 9.17) is 0 Å². The maximum Gasteiger partial charge on any atom is 0.358 e. The van der Waals surface area contributed by atoms with Crippen LogP contribution in [0.25, 0.3) is 0 Å². The minimum atomic E-state index is -0.497. The molecule has 0 bridgehead atoms. The number of anilines is 2. The Balaban J connectivity index is 2.10. The number of hydrogen-bond acceptors (Lipinski definition) is 5. The summed E-state index contributed by atoms with van der Waals surface area (Å²) in [4.78, 5) is 19.4. The minimum Gasteiger partial charge on any atom is -0.464 e. The Hall–Kier alpha value is -2.43. The smallest absolute Gasteiger partial charge is 0.358 e. The zero-order valence-electron chi connectivity index (χ0n) is 12.7. The van der Waals surface area contributed by atoms with Gasteiger partial charge in [-0.15, -0.1) is 0 Å². The van der Waals surface area contributed by atoms with E-state index in [-0.39, 0.29) is 11.1 Å². The van der Waals surface area contributed by atoms with Gasteiger partial charge in [-0.2, -0.15) is 0 Å². The largest absolute Gasteiger partial charge is 0.464 e. The van der Waals surface area contributed by atoms with Gasteiger partial charge in [0.2, 0.25) is 0 Å². The molecule has 21 heavy (non-hydrogen) atoms. The standard InChI is InChI=1S/C16H19N3O2/c1-16(2,3)11-5-7-12(8-6-11)19-14-10-17-13(9-18-14)15(20)21-4/h5-10H,1-4H3,(H,18,19). The Bertz CT molecular complexity index is 613. The average molecular weight is 285 g/mol. The van der Waals surface area contributed by atoms with Crippen molar-refractivity contribution < 1.29 is 9.53 Å². The highest BCUT2D eigenvalue weighted by Crippen LogP contribution is 2.24. The van der Waals surface area contributed by atoms with Gasteiger partial charge in [-0.25, -0.2) is 14.8 Å². The molecular formula is C16H19N3O2. The van der Waals surface area contributed by atoms with E-state index in [9.17, 15) is 4.79 Å². The first kappa shape index (κ1) is 15.0. The lowest BCUT2D eigenvalue weighted by atomic mass is 9.87. The van der Waals surface area contributed by atoms with Crippen LogP contribution in [0, 0.1) is 0 Å². The van der Waals surface area contributed by atoms with Crippen molar-refractivity contribution in [1.29, 1.82) is 0 Å². The molecule has 1 N–H and O–H groups in total. The highest BCUT2D eigenvalue weighted by atomic mass is 16.5. The lowest BCUT2D eigenvalue weighted by molar-refractivity contribution is 0.0593. The van der Waals surface area contributed by atoms with Crippen LogP contribution in [-0.4, -0.2) is 23.0 Å². The van der Waals surface area contributed by atoms with E-state index in [0.29, 0.717) is 5.82 Å². The van der Waals surface area contributed by atoms with E-state index in [1.165, 1.54) is 25.1 Å². The first-order valence-corrected chi connectivity index (χ1v) is 6.68. The molecule has 0 saturated carbocycles. The van der Waals surface area contributed by atoms with Crippen molar-refractivity contribution in [1.82, 2.24) is 9.97 Å². The summed E-state index contributed by atoms with van der Waals surface area (Å²) < 4.78 is 4.58. The molecule has 0 fully saturated rings. The van der Waals surface area contributed by atoms with Gasteiger partial charge in [0, 0.05) is 5.69 Å². The van der Waals surface area contributed by atoms with Gasteiger partial charge < -0.3 is 10.1 Å². The molecule has 0 atom stereocenters. The van der Waals surface area contributed by atoms with E-state index in [0.717, 1.165) is 5.69 Å². The number of nitrogens with one attached hydrogen (secondary N) is 1. The quantitative estimate of drug-likeness (QED) is 0.876. The average Bonchev–Trinajstić information content (AvgIpc) is 2.47. The number of benzene rings is 1. The molecule has 0 unspecified atom stereocenters. The SMILES string of the molecule is COC(=O)c1cnc(Nc2ccc(C(C)(C)C)cc2)cn1. The number of nitrogens with zero attached hydrogens (tertiary/aromatic N) is 2. The molecule has 110 valence electrons.